The number of benzene rings is 3. The molecule has 2 amide bonds. The van der Waals surface area contributed by atoms with Crippen molar-refractivity contribution in [1.82, 2.24) is 5.43 Å². The lowest BCUT2D eigenvalue weighted by molar-refractivity contribution is -0.117. The van der Waals surface area contributed by atoms with Crippen molar-refractivity contribution >= 4 is 23.2 Å². The van der Waals surface area contributed by atoms with Gasteiger partial charge in [-0.1, -0.05) is 54.6 Å². The second-order valence-corrected chi connectivity index (χ2v) is 7.42. The van der Waals surface area contributed by atoms with Gasteiger partial charge in [0.15, 0.2) is 0 Å². The van der Waals surface area contributed by atoms with Crippen molar-refractivity contribution in [3.63, 3.8) is 0 Å². The minimum Gasteiger partial charge on any atom is -0.326 e. The van der Waals surface area contributed by atoms with Crippen LogP contribution in [-0.4, -0.2) is 17.5 Å². The Morgan fingerprint density at radius 1 is 0.800 bits per heavy atom. The molecule has 1 aliphatic carbocycles. The SMILES string of the molecule is CC(=NNC(=O)c1ccc(-c2ccccc2)cc1)c1ccc(NC(=O)C2CC2)cc1. The molecule has 0 radical (unpaired) electrons. The van der Waals surface area contributed by atoms with Gasteiger partial charge >= 0.3 is 0 Å². The van der Waals surface area contributed by atoms with Crippen molar-refractivity contribution in [3.8, 4) is 11.1 Å². The molecule has 1 aliphatic rings. The van der Waals surface area contributed by atoms with Crippen molar-refractivity contribution in [1.29, 1.82) is 0 Å². The highest BCUT2D eigenvalue weighted by molar-refractivity contribution is 6.01. The first-order valence-corrected chi connectivity index (χ1v) is 10.0. The second kappa shape index (κ2) is 8.74. The van der Waals surface area contributed by atoms with Gasteiger partial charge in [-0.2, -0.15) is 5.10 Å². The number of anilines is 1. The van der Waals surface area contributed by atoms with Crippen molar-refractivity contribution in [3.05, 3.63) is 90.0 Å². The van der Waals surface area contributed by atoms with Crippen LogP contribution < -0.4 is 10.7 Å². The highest BCUT2D eigenvalue weighted by Gasteiger charge is 2.29. The summed E-state index contributed by atoms with van der Waals surface area (Å²) in [7, 11) is 0. The molecule has 0 bridgehead atoms. The average Bonchev–Trinajstić information content (AvgIpc) is 3.64. The van der Waals surface area contributed by atoms with E-state index in [1.54, 1.807) is 12.1 Å². The average molecular weight is 397 g/mol. The van der Waals surface area contributed by atoms with E-state index >= 15 is 0 Å². The lowest BCUT2D eigenvalue weighted by Gasteiger charge is -2.07. The third-order valence-corrected chi connectivity index (χ3v) is 5.10. The first-order valence-electron chi connectivity index (χ1n) is 10.0. The zero-order valence-electron chi connectivity index (χ0n) is 16.8. The lowest BCUT2D eigenvalue weighted by atomic mass is 10.0. The zero-order valence-corrected chi connectivity index (χ0v) is 16.8. The van der Waals surface area contributed by atoms with Gasteiger partial charge in [0.25, 0.3) is 5.91 Å². The molecule has 0 atom stereocenters. The number of carbonyl (C=O) groups is 2. The minimum atomic E-state index is -0.262. The van der Waals surface area contributed by atoms with Gasteiger partial charge < -0.3 is 5.32 Å². The zero-order chi connectivity index (χ0) is 20.9. The van der Waals surface area contributed by atoms with Crippen molar-refractivity contribution in [2.24, 2.45) is 11.0 Å². The number of amides is 2. The molecule has 2 N–H and O–H groups in total. The van der Waals surface area contributed by atoms with Gasteiger partial charge in [0, 0.05) is 17.2 Å². The molecule has 3 aromatic rings. The number of carbonyl (C=O) groups excluding carboxylic acids is 2. The molecule has 0 spiro atoms. The molecule has 0 heterocycles. The Balaban J connectivity index is 1.36. The molecule has 3 aromatic carbocycles. The van der Waals surface area contributed by atoms with E-state index in [4.69, 9.17) is 0 Å². The fourth-order valence-electron chi connectivity index (χ4n) is 3.09. The van der Waals surface area contributed by atoms with Crippen LogP contribution in [-0.2, 0) is 4.79 Å². The number of hydrazone groups is 1. The molecule has 5 heteroatoms. The van der Waals surface area contributed by atoms with Gasteiger partial charge in [-0.15, -0.1) is 0 Å². The first kappa shape index (κ1) is 19.6. The fraction of sp³-hybridized carbons (Fsp3) is 0.160. The molecule has 5 nitrogen and oxygen atoms in total. The maximum Gasteiger partial charge on any atom is 0.271 e. The molecule has 4 rings (SSSR count). The van der Waals surface area contributed by atoms with E-state index < -0.39 is 0 Å². The Kier molecular flexibility index (Phi) is 5.70. The van der Waals surface area contributed by atoms with E-state index in [0.717, 1.165) is 35.2 Å². The molecule has 0 aromatic heterocycles. The van der Waals surface area contributed by atoms with E-state index in [1.165, 1.54) is 0 Å². The van der Waals surface area contributed by atoms with Crippen LogP contribution in [0.3, 0.4) is 0 Å². The van der Waals surface area contributed by atoms with Crippen molar-refractivity contribution in [2.75, 3.05) is 5.32 Å². The summed E-state index contributed by atoms with van der Waals surface area (Å²) >= 11 is 0. The largest absolute Gasteiger partial charge is 0.326 e. The van der Waals surface area contributed by atoms with Gasteiger partial charge in [0.1, 0.15) is 0 Å². The van der Waals surface area contributed by atoms with Crippen LogP contribution in [0.5, 0.6) is 0 Å². The molecule has 0 aliphatic heterocycles. The number of hydrogen-bond donors (Lipinski definition) is 2. The Morgan fingerprint density at radius 2 is 1.40 bits per heavy atom. The Morgan fingerprint density at radius 3 is 2.03 bits per heavy atom. The van der Waals surface area contributed by atoms with E-state index in [2.05, 4.69) is 15.8 Å². The van der Waals surface area contributed by atoms with E-state index in [9.17, 15) is 9.59 Å². The maximum absolute atomic E-state index is 12.4. The van der Waals surface area contributed by atoms with Gasteiger partial charge in [-0.3, -0.25) is 9.59 Å². The van der Waals surface area contributed by atoms with Crippen LogP contribution in [0.4, 0.5) is 5.69 Å². The highest BCUT2D eigenvalue weighted by Crippen LogP contribution is 2.30. The van der Waals surface area contributed by atoms with E-state index in [0.29, 0.717) is 11.3 Å². The summed E-state index contributed by atoms with van der Waals surface area (Å²) in [4.78, 5) is 24.2. The summed E-state index contributed by atoms with van der Waals surface area (Å²) in [5.74, 6) is -0.00842. The van der Waals surface area contributed by atoms with Crippen LogP contribution in [0, 0.1) is 5.92 Å². The molecule has 1 saturated carbocycles. The molecular weight excluding hydrogens is 374 g/mol. The lowest BCUT2D eigenvalue weighted by Crippen LogP contribution is -2.19. The third-order valence-electron chi connectivity index (χ3n) is 5.10. The maximum atomic E-state index is 12.4. The molecule has 1 fully saturated rings. The number of nitrogens with one attached hydrogen (secondary N) is 2. The van der Waals surface area contributed by atoms with Crippen LogP contribution in [0.1, 0.15) is 35.7 Å². The molecule has 0 saturated heterocycles. The van der Waals surface area contributed by atoms with Crippen molar-refractivity contribution in [2.45, 2.75) is 19.8 Å². The van der Waals surface area contributed by atoms with Crippen LogP contribution in [0.2, 0.25) is 0 Å². The Bertz CT molecular complexity index is 1070. The normalized spacial score (nSPS) is 13.6. The summed E-state index contributed by atoms with van der Waals surface area (Å²) < 4.78 is 0. The molecular formula is C25H23N3O2. The van der Waals surface area contributed by atoms with Crippen LogP contribution >= 0.6 is 0 Å². The summed E-state index contributed by atoms with van der Waals surface area (Å²) in [6.45, 7) is 1.83. The van der Waals surface area contributed by atoms with Gasteiger partial charge in [0.05, 0.1) is 5.71 Å². The van der Waals surface area contributed by atoms with E-state index in [1.807, 2.05) is 73.7 Å². The van der Waals surface area contributed by atoms with E-state index in [-0.39, 0.29) is 17.7 Å². The summed E-state index contributed by atoms with van der Waals surface area (Å²) in [5, 5.41) is 7.12. The number of nitrogens with zero attached hydrogens (tertiary/aromatic N) is 1. The summed E-state index contributed by atoms with van der Waals surface area (Å²) in [5.41, 5.74) is 7.64. The number of hydrogen-bond acceptors (Lipinski definition) is 3. The predicted molar refractivity (Wildman–Crippen MR) is 119 cm³/mol. The first-order chi connectivity index (χ1) is 14.6. The minimum absolute atomic E-state index is 0.0821. The molecule has 0 unspecified atom stereocenters. The smallest absolute Gasteiger partial charge is 0.271 e. The van der Waals surface area contributed by atoms with Gasteiger partial charge in [-0.05, 0) is 60.7 Å². The Hall–Kier alpha value is -3.73. The summed E-state index contributed by atoms with van der Waals surface area (Å²) in [6.07, 6.45) is 1.95. The third kappa shape index (κ3) is 4.81. The highest BCUT2D eigenvalue weighted by atomic mass is 16.2. The topological polar surface area (TPSA) is 70.6 Å². The second-order valence-electron chi connectivity index (χ2n) is 7.42. The standard InChI is InChI=1S/C25H23N3O2/c1-17(18-13-15-23(16-14-18)26-24(29)21-11-12-21)27-28-25(30)22-9-7-20(8-10-22)19-5-3-2-4-6-19/h2-10,13-16,21H,11-12H2,1H3,(H,26,29)(H,28,30). The Labute approximate surface area is 175 Å². The van der Waals surface area contributed by atoms with Crippen molar-refractivity contribution < 1.29 is 9.59 Å². The van der Waals surface area contributed by atoms with Gasteiger partial charge in [-0.25, -0.2) is 5.43 Å². The molecule has 30 heavy (non-hydrogen) atoms. The van der Waals surface area contributed by atoms with Crippen LogP contribution in [0.25, 0.3) is 11.1 Å². The fourth-order valence-corrected chi connectivity index (χ4v) is 3.09. The quantitative estimate of drug-likeness (QED) is 0.461. The molecule has 150 valence electrons. The predicted octanol–water partition coefficient (Wildman–Crippen LogP) is 4.86. The van der Waals surface area contributed by atoms with Gasteiger partial charge in [0.2, 0.25) is 5.91 Å². The monoisotopic (exact) mass is 397 g/mol. The van der Waals surface area contributed by atoms with Crippen LogP contribution in [0.15, 0.2) is 84.0 Å². The summed E-state index contributed by atoms with van der Waals surface area (Å²) in [6, 6.07) is 24.9. The number of rotatable bonds is 6.